The molecule has 0 spiro atoms. The van der Waals surface area contributed by atoms with Gasteiger partial charge in [0.05, 0.1) is 12.7 Å². The van der Waals surface area contributed by atoms with Crippen molar-refractivity contribution in [2.24, 2.45) is 11.8 Å². The number of aliphatic hydroxyl groups excluding tert-OH is 1. The summed E-state index contributed by atoms with van der Waals surface area (Å²) < 4.78 is 4.86. The van der Waals surface area contributed by atoms with Gasteiger partial charge in [-0.05, 0) is 38.5 Å². The molecule has 3 atom stereocenters. The smallest absolute Gasteiger partial charge is 0.305 e. The van der Waals surface area contributed by atoms with Crippen molar-refractivity contribution in [3.05, 3.63) is 10.1 Å². The Morgan fingerprint density at radius 3 is 2.67 bits per heavy atom. The Morgan fingerprint density at radius 1 is 1.29 bits per heavy atom. The van der Waals surface area contributed by atoms with Crippen LogP contribution in [-0.4, -0.2) is 35.3 Å². The SMILES string of the molecule is CCOC(=O)CCCCCC[C@@H]1[C@@H](C[N+](=O)[O-])CC[C@@H]1O. The van der Waals surface area contributed by atoms with E-state index in [1.165, 1.54) is 0 Å². The molecule has 122 valence electrons. The fourth-order valence-electron chi connectivity index (χ4n) is 3.21. The number of carbonyl (C=O) groups excluding carboxylic acids is 1. The fourth-order valence-corrected chi connectivity index (χ4v) is 3.21. The summed E-state index contributed by atoms with van der Waals surface area (Å²) in [7, 11) is 0. The van der Waals surface area contributed by atoms with Crippen LogP contribution in [0.5, 0.6) is 0 Å². The molecule has 1 aliphatic carbocycles. The second-order valence-corrected chi connectivity index (χ2v) is 5.84. The molecule has 0 bridgehead atoms. The van der Waals surface area contributed by atoms with Crippen molar-refractivity contribution in [1.29, 1.82) is 0 Å². The molecule has 21 heavy (non-hydrogen) atoms. The van der Waals surface area contributed by atoms with Crippen LogP contribution < -0.4 is 0 Å². The van der Waals surface area contributed by atoms with E-state index < -0.39 is 0 Å². The Kier molecular flexibility index (Phi) is 8.27. The molecule has 1 aliphatic rings. The Labute approximate surface area is 126 Å². The summed E-state index contributed by atoms with van der Waals surface area (Å²) in [4.78, 5) is 21.5. The zero-order valence-corrected chi connectivity index (χ0v) is 12.8. The fraction of sp³-hybridized carbons (Fsp3) is 0.933. The molecule has 0 aromatic heterocycles. The lowest BCUT2D eigenvalue weighted by Gasteiger charge is -2.19. The molecule has 0 saturated heterocycles. The molecule has 6 heteroatoms. The molecule has 0 heterocycles. The summed E-state index contributed by atoms with van der Waals surface area (Å²) in [6.07, 6.45) is 6.11. The van der Waals surface area contributed by atoms with E-state index in [9.17, 15) is 20.0 Å². The molecule has 0 aromatic rings. The highest BCUT2D eigenvalue weighted by atomic mass is 16.6. The van der Waals surface area contributed by atoms with Crippen LogP contribution in [0.15, 0.2) is 0 Å². The van der Waals surface area contributed by atoms with Gasteiger partial charge in [-0.25, -0.2) is 0 Å². The van der Waals surface area contributed by atoms with E-state index in [0.29, 0.717) is 19.4 Å². The van der Waals surface area contributed by atoms with Crippen molar-refractivity contribution in [2.75, 3.05) is 13.2 Å². The minimum Gasteiger partial charge on any atom is -0.466 e. The number of hydrogen-bond acceptors (Lipinski definition) is 5. The zero-order chi connectivity index (χ0) is 15.7. The quantitative estimate of drug-likeness (QED) is 0.290. The Balaban J connectivity index is 2.13. The van der Waals surface area contributed by atoms with Gasteiger partial charge in [-0.2, -0.15) is 0 Å². The average molecular weight is 301 g/mol. The first-order valence-electron chi connectivity index (χ1n) is 8.00. The largest absolute Gasteiger partial charge is 0.466 e. The van der Waals surface area contributed by atoms with Crippen LogP contribution in [-0.2, 0) is 9.53 Å². The third-order valence-electron chi connectivity index (χ3n) is 4.29. The Hall–Kier alpha value is -1.17. The van der Waals surface area contributed by atoms with Crippen LogP contribution in [0.1, 0.15) is 58.3 Å². The molecular formula is C15H27NO5. The van der Waals surface area contributed by atoms with Gasteiger partial charge in [0.2, 0.25) is 6.54 Å². The van der Waals surface area contributed by atoms with E-state index in [0.717, 1.165) is 38.5 Å². The van der Waals surface area contributed by atoms with Crippen molar-refractivity contribution in [3.63, 3.8) is 0 Å². The summed E-state index contributed by atoms with van der Waals surface area (Å²) in [5.74, 6) is -0.0512. The lowest BCUT2D eigenvalue weighted by atomic mass is 9.89. The minimum atomic E-state index is -0.380. The van der Waals surface area contributed by atoms with Gasteiger partial charge in [-0.3, -0.25) is 14.9 Å². The molecule has 0 aliphatic heterocycles. The molecule has 1 rings (SSSR count). The first-order chi connectivity index (χ1) is 10.0. The van der Waals surface area contributed by atoms with Gasteiger partial charge >= 0.3 is 5.97 Å². The number of esters is 1. The number of ether oxygens (including phenoxy) is 1. The molecule has 1 N–H and O–H groups in total. The molecule has 0 unspecified atom stereocenters. The highest BCUT2D eigenvalue weighted by Crippen LogP contribution is 2.35. The van der Waals surface area contributed by atoms with Crippen LogP contribution in [0, 0.1) is 22.0 Å². The molecule has 1 fully saturated rings. The first-order valence-corrected chi connectivity index (χ1v) is 8.00. The number of aliphatic hydroxyl groups is 1. The third-order valence-corrected chi connectivity index (χ3v) is 4.29. The van der Waals surface area contributed by atoms with Crippen LogP contribution in [0.25, 0.3) is 0 Å². The number of unbranched alkanes of at least 4 members (excludes halogenated alkanes) is 3. The summed E-state index contributed by atoms with van der Waals surface area (Å²) in [6, 6.07) is 0. The Bertz CT molecular complexity index is 334. The van der Waals surface area contributed by atoms with Crippen LogP contribution in [0.4, 0.5) is 0 Å². The molecule has 0 radical (unpaired) electrons. The van der Waals surface area contributed by atoms with Crippen LogP contribution in [0.3, 0.4) is 0 Å². The summed E-state index contributed by atoms with van der Waals surface area (Å²) >= 11 is 0. The maximum atomic E-state index is 11.2. The molecule has 1 saturated carbocycles. The topological polar surface area (TPSA) is 89.7 Å². The molecular weight excluding hydrogens is 274 g/mol. The maximum absolute atomic E-state index is 11.2. The van der Waals surface area contributed by atoms with Crippen molar-refractivity contribution in [3.8, 4) is 0 Å². The monoisotopic (exact) mass is 301 g/mol. The van der Waals surface area contributed by atoms with E-state index in [4.69, 9.17) is 4.74 Å². The van der Waals surface area contributed by atoms with Gasteiger partial charge in [-0.15, -0.1) is 0 Å². The van der Waals surface area contributed by atoms with E-state index in [1.54, 1.807) is 6.92 Å². The third kappa shape index (κ3) is 6.89. The summed E-state index contributed by atoms with van der Waals surface area (Å²) in [5, 5.41) is 20.5. The number of nitro groups is 1. The van der Waals surface area contributed by atoms with Crippen LogP contribution in [0.2, 0.25) is 0 Å². The summed E-state index contributed by atoms with van der Waals surface area (Å²) in [6.45, 7) is 2.20. The van der Waals surface area contributed by atoms with Gasteiger partial charge in [0.25, 0.3) is 0 Å². The highest BCUT2D eigenvalue weighted by molar-refractivity contribution is 5.69. The van der Waals surface area contributed by atoms with Gasteiger partial charge in [0, 0.05) is 17.3 Å². The maximum Gasteiger partial charge on any atom is 0.305 e. The molecule has 0 aromatic carbocycles. The van der Waals surface area contributed by atoms with Crippen molar-refractivity contribution in [2.45, 2.75) is 64.4 Å². The average Bonchev–Trinajstić information content (AvgIpc) is 2.74. The number of nitrogens with zero attached hydrogens (tertiary/aromatic N) is 1. The van der Waals surface area contributed by atoms with Crippen LogP contribution >= 0.6 is 0 Å². The van der Waals surface area contributed by atoms with Crippen molar-refractivity contribution >= 4 is 5.97 Å². The van der Waals surface area contributed by atoms with Crippen molar-refractivity contribution in [1.82, 2.24) is 0 Å². The highest BCUT2D eigenvalue weighted by Gasteiger charge is 2.37. The first kappa shape index (κ1) is 17.9. The lowest BCUT2D eigenvalue weighted by Crippen LogP contribution is -2.24. The molecule has 0 amide bonds. The minimum absolute atomic E-state index is 0.0227. The predicted molar refractivity (Wildman–Crippen MR) is 78.4 cm³/mol. The van der Waals surface area contributed by atoms with E-state index in [-0.39, 0.29) is 35.4 Å². The predicted octanol–water partition coefficient (Wildman–Crippen LogP) is 2.55. The number of hydrogen-bond donors (Lipinski definition) is 1. The van der Waals surface area contributed by atoms with Gasteiger partial charge < -0.3 is 9.84 Å². The zero-order valence-electron chi connectivity index (χ0n) is 12.8. The standard InChI is InChI=1S/C15H27NO5/c1-2-21-15(18)8-6-4-3-5-7-13-12(11-16(19)20)9-10-14(13)17/h12-14,17H,2-11H2,1H3/t12-,13-,14+/m1/s1. The second-order valence-electron chi connectivity index (χ2n) is 5.84. The summed E-state index contributed by atoms with van der Waals surface area (Å²) in [5.41, 5.74) is 0. The lowest BCUT2D eigenvalue weighted by molar-refractivity contribution is -0.489. The van der Waals surface area contributed by atoms with Gasteiger partial charge in [0.1, 0.15) is 0 Å². The normalized spacial score (nSPS) is 25.0. The number of rotatable bonds is 10. The van der Waals surface area contributed by atoms with Gasteiger partial charge in [-0.1, -0.05) is 19.3 Å². The Morgan fingerprint density at radius 2 is 2.00 bits per heavy atom. The second kappa shape index (κ2) is 9.71. The van der Waals surface area contributed by atoms with Crippen molar-refractivity contribution < 1.29 is 19.6 Å². The molecule has 6 nitrogen and oxygen atoms in total. The van der Waals surface area contributed by atoms with Gasteiger partial charge in [0.15, 0.2) is 0 Å². The van der Waals surface area contributed by atoms with E-state index in [2.05, 4.69) is 0 Å². The number of carbonyl (C=O) groups is 1. The van der Waals surface area contributed by atoms with E-state index in [1.807, 2.05) is 0 Å². The van der Waals surface area contributed by atoms with E-state index >= 15 is 0 Å².